The molecule has 2 rings (SSSR count). The summed E-state index contributed by atoms with van der Waals surface area (Å²) in [4.78, 5) is 12.0. The second-order valence-electron chi connectivity index (χ2n) is 5.49. The summed E-state index contributed by atoms with van der Waals surface area (Å²) >= 11 is 3.00. The molecule has 1 aliphatic carbocycles. The van der Waals surface area contributed by atoms with Crippen LogP contribution in [0.3, 0.4) is 0 Å². The summed E-state index contributed by atoms with van der Waals surface area (Å²) in [5, 5.41) is 2.70. The maximum atomic E-state index is 13.7. The third-order valence-electron chi connectivity index (χ3n) is 4.27. The number of halogens is 3. The van der Waals surface area contributed by atoms with E-state index >= 15 is 0 Å². The SMILES string of the molecule is CCC1(CNC(=O)c2c(F)cc(Br)cc2F)CCCC1. The molecule has 20 heavy (non-hydrogen) atoms. The summed E-state index contributed by atoms with van der Waals surface area (Å²) in [6.07, 6.45) is 5.41. The molecular formula is C15H18BrF2NO. The smallest absolute Gasteiger partial charge is 0.257 e. The maximum absolute atomic E-state index is 13.7. The van der Waals surface area contributed by atoms with Gasteiger partial charge in [-0.2, -0.15) is 0 Å². The Bertz CT molecular complexity index is 490. The molecule has 1 N–H and O–H groups in total. The first-order valence-corrected chi connectivity index (χ1v) is 7.69. The summed E-state index contributed by atoms with van der Waals surface area (Å²) in [6, 6.07) is 2.20. The molecule has 2 nitrogen and oxygen atoms in total. The van der Waals surface area contributed by atoms with Gasteiger partial charge in [0, 0.05) is 11.0 Å². The van der Waals surface area contributed by atoms with Gasteiger partial charge in [0.05, 0.1) is 0 Å². The van der Waals surface area contributed by atoms with E-state index in [0.717, 1.165) is 44.2 Å². The van der Waals surface area contributed by atoms with Crippen LogP contribution < -0.4 is 5.32 Å². The fourth-order valence-electron chi connectivity index (χ4n) is 2.90. The van der Waals surface area contributed by atoms with Gasteiger partial charge in [0.2, 0.25) is 0 Å². The van der Waals surface area contributed by atoms with Crippen LogP contribution >= 0.6 is 15.9 Å². The van der Waals surface area contributed by atoms with E-state index in [1.807, 2.05) is 0 Å². The Balaban J connectivity index is 2.09. The van der Waals surface area contributed by atoms with E-state index in [0.29, 0.717) is 6.54 Å². The Morgan fingerprint density at radius 2 is 1.85 bits per heavy atom. The second-order valence-corrected chi connectivity index (χ2v) is 6.40. The number of hydrogen-bond donors (Lipinski definition) is 1. The molecule has 0 atom stereocenters. The van der Waals surface area contributed by atoms with E-state index < -0.39 is 23.1 Å². The van der Waals surface area contributed by atoms with Crippen molar-refractivity contribution in [1.82, 2.24) is 5.32 Å². The number of benzene rings is 1. The van der Waals surface area contributed by atoms with E-state index in [9.17, 15) is 13.6 Å². The van der Waals surface area contributed by atoms with Crippen LogP contribution in [0.15, 0.2) is 16.6 Å². The molecule has 0 unspecified atom stereocenters. The Morgan fingerprint density at radius 1 is 1.30 bits per heavy atom. The lowest BCUT2D eigenvalue weighted by Gasteiger charge is -2.27. The van der Waals surface area contributed by atoms with Crippen molar-refractivity contribution in [3.05, 3.63) is 33.8 Å². The van der Waals surface area contributed by atoms with Crippen molar-refractivity contribution in [3.8, 4) is 0 Å². The highest BCUT2D eigenvalue weighted by molar-refractivity contribution is 9.10. The van der Waals surface area contributed by atoms with Crippen molar-refractivity contribution in [3.63, 3.8) is 0 Å². The number of rotatable bonds is 4. The molecule has 110 valence electrons. The lowest BCUT2D eigenvalue weighted by atomic mass is 9.83. The monoisotopic (exact) mass is 345 g/mol. The molecule has 0 spiro atoms. The highest BCUT2D eigenvalue weighted by atomic mass is 79.9. The van der Waals surface area contributed by atoms with Crippen LogP contribution in [0.2, 0.25) is 0 Å². The molecule has 0 aromatic heterocycles. The largest absolute Gasteiger partial charge is 0.351 e. The van der Waals surface area contributed by atoms with Gasteiger partial charge in [0.1, 0.15) is 17.2 Å². The number of carbonyl (C=O) groups excluding carboxylic acids is 1. The Hall–Kier alpha value is -0.970. The minimum atomic E-state index is -0.841. The lowest BCUT2D eigenvalue weighted by Crippen LogP contribution is -2.36. The zero-order valence-corrected chi connectivity index (χ0v) is 13.0. The van der Waals surface area contributed by atoms with Gasteiger partial charge in [-0.3, -0.25) is 4.79 Å². The molecule has 0 bridgehead atoms. The summed E-state index contributed by atoms with van der Waals surface area (Å²) in [6.45, 7) is 2.58. The highest BCUT2D eigenvalue weighted by Crippen LogP contribution is 2.40. The van der Waals surface area contributed by atoms with Crippen LogP contribution in [-0.2, 0) is 0 Å². The first kappa shape index (κ1) is 15.4. The first-order chi connectivity index (χ1) is 9.47. The zero-order valence-electron chi connectivity index (χ0n) is 11.4. The average Bonchev–Trinajstić information content (AvgIpc) is 2.84. The Labute approximate surface area is 126 Å². The molecule has 1 amide bonds. The van der Waals surface area contributed by atoms with Gasteiger partial charge in [-0.15, -0.1) is 0 Å². The van der Waals surface area contributed by atoms with Crippen LogP contribution in [0, 0.1) is 17.0 Å². The zero-order chi connectivity index (χ0) is 14.8. The van der Waals surface area contributed by atoms with Crippen LogP contribution in [0.5, 0.6) is 0 Å². The van der Waals surface area contributed by atoms with E-state index in [1.54, 1.807) is 0 Å². The van der Waals surface area contributed by atoms with Crippen molar-refractivity contribution in [1.29, 1.82) is 0 Å². The van der Waals surface area contributed by atoms with Gasteiger partial charge >= 0.3 is 0 Å². The van der Waals surface area contributed by atoms with E-state index in [1.165, 1.54) is 0 Å². The van der Waals surface area contributed by atoms with Gasteiger partial charge in [-0.05, 0) is 36.8 Å². The van der Waals surface area contributed by atoms with Gasteiger partial charge < -0.3 is 5.32 Å². The first-order valence-electron chi connectivity index (χ1n) is 6.90. The van der Waals surface area contributed by atoms with Crippen molar-refractivity contribution in [2.75, 3.05) is 6.54 Å². The van der Waals surface area contributed by atoms with Crippen molar-refractivity contribution in [2.45, 2.75) is 39.0 Å². The molecule has 1 aromatic carbocycles. The predicted molar refractivity (Wildman–Crippen MR) is 77.6 cm³/mol. The third kappa shape index (κ3) is 3.19. The summed E-state index contributed by atoms with van der Waals surface area (Å²) in [5.41, 5.74) is -0.407. The summed E-state index contributed by atoms with van der Waals surface area (Å²) in [7, 11) is 0. The average molecular weight is 346 g/mol. The van der Waals surface area contributed by atoms with Gasteiger partial charge in [-0.1, -0.05) is 35.7 Å². The quantitative estimate of drug-likeness (QED) is 0.859. The molecule has 0 radical (unpaired) electrons. The number of carbonyl (C=O) groups is 1. The normalized spacial score (nSPS) is 17.2. The molecule has 0 saturated heterocycles. The molecule has 5 heteroatoms. The fraction of sp³-hybridized carbons (Fsp3) is 0.533. The maximum Gasteiger partial charge on any atom is 0.257 e. The predicted octanol–water partition coefficient (Wildman–Crippen LogP) is 4.43. The molecule has 0 aliphatic heterocycles. The summed E-state index contributed by atoms with van der Waals surface area (Å²) in [5.74, 6) is -2.36. The number of nitrogens with one attached hydrogen (secondary N) is 1. The molecular weight excluding hydrogens is 328 g/mol. The van der Waals surface area contributed by atoms with Crippen molar-refractivity contribution >= 4 is 21.8 Å². The van der Waals surface area contributed by atoms with E-state index in [4.69, 9.17) is 0 Å². The minimum absolute atomic E-state index is 0.0952. The van der Waals surface area contributed by atoms with Crippen molar-refractivity contribution in [2.24, 2.45) is 5.41 Å². The molecule has 1 aliphatic rings. The van der Waals surface area contributed by atoms with Gasteiger partial charge in [0.25, 0.3) is 5.91 Å². The van der Waals surface area contributed by atoms with Crippen LogP contribution in [0.1, 0.15) is 49.4 Å². The van der Waals surface area contributed by atoms with Crippen LogP contribution in [0.25, 0.3) is 0 Å². The minimum Gasteiger partial charge on any atom is -0.351 e. The Kier molecular flexibility index (Phi) is 4.78. The van der Waals surface area contributed by atoms with E-state index in [-0.39, 0.29) is 9.89 Å². The topological polar surface area (TPSA) is 29.1 Å². The second kappa shape index (κ2) is 6.20. The van der Waals surface area contributed by atoms with E-state index in [2.05, 4.69) is 28.2 Å². The molecule has 1 saturated carbocycles. The number of hydrogen-bond acceptors (Lipinski definition) is 1. The van der Waals surface area contributed by atoms with Gasteiger partial charge in [-0.25, -0.2) is 8.78 Å². The number of amides is 1. The molecule has 1 fully saturated rings. The van der Waals surface area contributed by atoms with Crippen LogP contribution in [-0.4, -0.2) is 12.5 Å². The standard InChI is InChI=1S/C15H18BrF2NO/c1-2-15(5-3-4-6-15)9-19-14(20)13-11(17)7-10(16)8-12(13)18/h7-8H,2-6,9H2,1H3,(H,19,20). The van der Waals surface area contributed by atoms with Crippen LogP contribution in [0.4, 0.5) is 8.78 Å². The highest BCUT2D eigenvalue weighted by Gasteiger charge is 2.32. The van der Waals surface area contributed by atoms with Crippen molar-refractivity contribution < 1.29 is 13.6 Å². The fourth-order valence-corrected chi connectivity index (χ4v) is 3.30. The van der Waals surface area contributed by atoms with Gasteiger partial charge in [0.15, 0.2) is 0 Å². The molecule has 0 heterocycles. The lowest BCUT2D eigenvalue weighted by molar-refractivity contribution is 0.0920. The molecule has 1 aromatic rings. The summed E-state index contributed by atoms with van der Waals surface area (Å²) < 4.78 is 27.7. The third-order valence-corrected chi connectivity index (χ3v) is 4.73. The Morgan fingerprint density at radius 3 is 2.35 bits per heavy atom.